The van der Waals surface area contributed by atoms with Crippen LogP contribution in [0.2, 0.25) is 0 Å². The van der Waals surface area contributed by atoms with Gasteiger partial charge in [0.1, 0.15) is 0 Å². The maximum absolute atomic E-state index is 13.4. The number of likely N-dealkylation sites (tertiary alicyclic amines) is 1. The molecule has 5 rings (SSSR count). The number of anilines is 1. The zero-order chi connectivity index (χ0) is 26.0. The van der Waals surface area contributed by atoms with Crippen LogP contribution in [0.1, 0.15) is 41.6 Å². The maximum atomic E-state index is 13.4. The molecule has 2 saturated heterocycles. The zero-order valence-corrected chi connectivity index (χ0v) is 21.7. The van der Waals surface area contributed by atoms with E-state index in [0.717, 1.165) is 24.9 Å². The van der Waals surface area contributed by atoms with Crippen molar-refractivity contribution in [2.75, 3.05) is 25.0 Å². The molecule has 3 N–H and O–H groups in total. The second kappa shape index (κ2) is 10.6. The first kappa shape index (κ1) is 25.4. The first-order valence-corrected chi connectivity index (χ1v) is 14.2. The molecule has 0 spiro atoms. The summed E-state index contributed by atoms with van der Waals surface area (Å²) >= 11 is 0. The Hall–Kier alpha value is -3.27. The van der Waals surface area contributed by atoms with Crippen molar-refractivity contribution in [3.05, 3.63) is 71.8 Å². The van der Waals surface area contributed by atoms with Gasteiger partial charge in [0.25, 0.3) is 5.91 Å². The predicted octanol–water partition coefficient (Wildman–Crippen LogP) is 3.42. The molecule has 2 heterocycles. The van der Waals surface area contributed by atoms with E-state index < -0.39 is 10.0 Å². The van der Waals surface area contributed by atoms with Gasteiger partial charge in [-0.1, -0.05) is 42.5 Å². The minimum atomic E-state index is -3.82. The van der Waals surface area contributed by atoms with Crippen LogP contribution in [0.3, 0.4) is 0 Å². The van der Waals surface area contributed by atoms with Gasteiger partial charge in [0.05, 0.1) is 10.9 Å². The molecule has 3 aromatic rings. The number of aryl methyl sites for hydroxylation is 1. The monoisotopic (exact) mass is 520 g/mol. The van der Waals surface area contributed by atoms with Crippen LogP contribution in [0.15, 0.2) is 65.6 Å². The standard InChI is InChI=1S/C28H32N4O4S/c1-19-7-2-3-8-21(19)27(33)30-24-12-13-26(23-10-5-4-9-22(23)24)37(35,36)31-20-14-17-32(18-15-20)28(34)25-11-6-16-29-25/h2-5,7-10,12-13,20,25,29,31H,6,11,14-18H2,1H3,(H,30,33)/t25-/m1/s1. The van der Waals surface area contributed by atoms with Gasteiger partial charge in [0.2, 0.25) is 15.9 Å². The zero-order valence-electron chi connectivity index (χ0n) is 20.9. The van der Waals surface area contributed by atoms with Crippen LogP contribution in [-0.2, 0) is 14.8 Å². The van der Waals surface area contributed by atoms with Crippen LogP contribution in [0, 0.1) is 6.92 Å². The van der Waals surface area contributed by atoms with Crippen molar-refractivity contribution in [2.45, 2.75) is 49.6 Å². The number of nitrogens with one attached hydrogen (secondary N) is 3. The van der Waals surface area contributed by atoms with Crippen molar-refractivity contribution in [1.29, 1.82) is 0 Å². The molecule has 194 valence electrons. The number of rotatable bonds is 6. The lowest BCUT2D eigenvalue weighted by atomic mass is 10.0. The Morgan fingerprint density at radius 3 is 2.32 bits per heavy atom. The highest BCUT2D eigenvalue weighted by Gasteiger charge is 2.31. The fourth-order valence-electron chi connectivity index (χ4n) is 5.25. The molecule has 0 radical (unpaired) electrons. The van der Waals surface area contributed by atoms with Gasteiger partial charge in [0.15, 0.2) is 0 Å². The summed E-state index contributed by atoms with van der Waals surface area (Å²) in [7, 11) is -3.82. The Labute approximate surface area is 217 Å². The summed E-state index contributed by atoms with van der Waals surface area (Å²) in [6, 6.07) is 17.3. The fraction of sp³-hybridized carbons (Fsp3) is 0.357. The molecule has 2 fully saturated rings. The lowest BCUT2D eigenvalue weighted by molar-refractivity contribution is -0.134. The largest absolute Gasteiger partial charge is 0.341 e. The Bertz CT molecular complexity index is 1430. The maximum Gasteiger partial charge on any atom is 0.255 e. The number of amides is 2. The molecule has 37 heavy (non-hydrogen) atoms. The SMILES string of the molecule is Cc1ccccc1C(=O)Nc1ccc(S(=O)(=O)NC2CCN(C(=O)[C@H]3CCCN3)CC2)c2ccccc12. The van der Waals surface area contributed by atoms with E-state index in [0.29, 0.717) is 48.0 Å². The molecule has 2 aliphatic heterocycles. The average molecular weight is 521 g/mol. The number of carbonyl (C=O) groups is 2. The average Bonchev–Trinajstić information content (AvgIpc) is 3.44. The molecule has 0 aliphatic carbocycles. The van der Waals surface area contributed by atoms with E-state index >= 15 is 0 Å². The van der Waals surface area contributed by atoms with Crippen molar-refractivity contribution >= 4 is 38.3 Å². The molecule has 2 amide bonds. The van der Waals surface area contributed by atoms with Gasteiger partial charge in [0, 0.05) is 41.2 Å². The third-order valence-corrected chi connectivity index (χ3v) is 8.88. The molecule has 0 saturated carbocycles. The topological polar surface area (TPSA) is 108 Å². The van der Waals surface area contributed by atoms with Gasteiger partial charge < -0.3 is 15.5 Å². The number of sulfonamides is 1. The lowest BCUT2D eigenvalue weighted by Crippen LogP contribution is -2.50. The highest BCUT2D eigenvalue weighted by atomic mass is 32.2. The predicted molar refractivity (Wildman–Crippen MR) is 144 cm³/mol. The van der Waals surface area contributed by atoms with E-state index in [-0.39, 0.29) is 28.8 Å². The van der Waals surface area contributed by atoms with Crippen molar-refractivity contribution in [1.82, 2.24) is 14.9 Å². The smallest absolute Gasteiger partial charge is 0.255 e. The number of piperidine rings is 1. The minimum absolute atomic E-state index is 0.107. The molecular formula is C28H32N4O4S. The van der Waals surface area contributed by atoms with Crippen molar-refractivity contribution in [3.8, 4) is 0 Å². The van der Waals surface area contributed by atoms with E-state index in [9.17, 15) is 18.0 Å². The van der Waals surface area contributed by atoms with Gasteiger partial charge in [-0.2, -0.15) is 0 Å². The second-order valence-corrected chi connectivity index (χ2v) is 11.5. The van der Waals surface area contributed by atoms with Crippen LogP contribution in [-0.4, -0.2) is 56.9 Å². The molecule has 1 atom stereocenters. The van der Waals surface area contributed by atoms with Gasteiger partial charge in [-0.25, -0.2) is 13.1 Å². The Kier molecular flexibility index (Phi) is 7.28. The molecule has 0 bridgehead atoms. The first-order chi connectivity index (χ1) is 17.8. The lowest BCUT2D eigenvalue weighted by Gasteiger charge is -2.33. The molecule has 8 nitrogen and oxygen atoms in total. The summed E-state index contributed by atoms with van der Waals surface area (Å²) < 4.78 is 29.8. The number of hydrogen-bond donors (Lipinski definition) is 3. The summed E-state index contributed by atoms with van der Waals surface area (Å²) in [5.41, 5.74) is 1.98. The normalized spacial score (nSPS) is 18.7. The summed E-state index contributed by atoms with van der Waals surface area (Å²) in [5.74, 6) is -0.126. The third-order valence-electron chi connectivity index (χ3n) is 7.30. The van der Waals surface area contributed by atoms with E-state index in [2.05, 4.69) is 15.4 Å². The van der Waals surface area contributed by atoms with Gasteiger partial charge in [-0.05, 0) is 62.9 Å². The van der Waals surface area contributed by atoms with E-state index in [1.54, 1.807) is 30.3 Å². The molecule has 3 aromatic carbocycles. The minimum Gasteiger partial charge on any atom is -0.341 e. The van der Waals surface area contributed by atoms with Crippen molar-refractivity contribution in [2.24, 2.45) is 0 Å². The summed E-state index contributed by atoms with van der Waals surface area (Å²) in [5, 5.41) is 7.37. The quantitative estimate of drug-likeness (QED) is 0.462. The second-order valence-electron chi connectivity index (χ2n) is 9.80. The number of benzene rings is 3. The van der Waals surface area contributed by atoms with Crippen molar-refractivity contribution < 1.29 is 18.0 Å². The summed E-state index contributed by atoms with van der Waals surface area (Å²) in [4.78, 5) is 27.6. The Morgan fingerprint density at radius 2 is 1.62 bits per heavy atom. The number of nitrogens with zero attached hydrogens (tertiary/aromatic N) is 1. The van der Waals surface area contributed by atoms with Crippen LogP contribution in [0.25, 0.3) is 10.8 Å². The molecule has 2 aliphatic rings. The number of fused-ring (bicyclic) bond motifs is 1. The Morgan fingerprint density at radius 1 is 0.919 bits per heavy atom. The molecule has 0 aromatic heterocycles. The third kappa shape index (κ3) is 5.39. The fourth-order valence-corrected chi connectivity index (χ4v) is 6.76. The van der Waals surface area contributed by atoms with Crippen LogP contribution >= 0.6 is 0 Å². The number of carbonyl (C=O) groups excluding carboxylic acids is 2. The van der Waals surface area contributed by atoms with Crippen LogP contribution in [0.5, 0.6) is 0 Å². The van der Waals surface area contributed by atoms with Gasteiger partial charge >= 0.3 is 0 Å². The highest BCUT2D eigenvalue weighted by Crippen LogP contribution is 2.30. The van der Waals surface area contributed by atoms with E-state index in [1.165, 1.54) is 0 Å². The highest BCUT2D eigenvalue weighted by molar-refractivity contribution is 7.89. The van der Waals surface area contributed by atoms with E-state index in [1.807, 2.05) is 42.2 Å². The van der Waals surface area contributed by atoms with Gasteiger partial charge in [-0.15, -0.1) is 0 Å². The van der Waals surface area contributed by atoms with Crippen molar-refractivity contribution in [3.63, 3.8) is 0 Å². The first-order valence-electron chi connectivity index (χ1n) is 12.8. The summed E-state index contributed by atoms with van der Waals surface area (Å²) in [6.45, 7) is 3.82. The molecular weight excluding hydrogens is 488 g/mol. The van der Waals surface area contributed by atoms with E-state index in [4.69, 9.17) is 0 Å². The summed E-state index contributed by atoms with van der Waals surface area (Å²) in [6.07, 6.45) is 3.01. The Balaban J connectivity index is 1.32. The van der Waals surface area contributed by atoms with Crippen LogP contribution in [0.4, 0.5) is 5.69 Å². The van der Waals surface area contributed by atoms with Gasteiger partial charge in [-0.3, -0.25) is 9.59 Å². The number of hydrogen-bond acceptors (Lipinski definition) is 5. The molecule has 9 heteroatoms. The van der Waals surface area contributed by atoms with Crippen LogP contribution < -0.4 is 15.4 Å². The molecule has 0 unspecified atom stereocenters.